The Morgan fingerprint density at radius 3 is 2.81 bits per heavy atom. The molecule has 1 aliphatic carbocycles. The highest BCUT2D eigenvalue weighted by Gasteiger charge is 2.22. The van der Waals surface area contributed by atoms with Crippen molar-refractivity contribution in [3.63, 3.8) is 0 Å². The van der Waals surface area contributed by atoms with Crippen LogP contribution >= 0.6 is 0 Å². The molecule has 2 N–H and O–H groups in total. The first kappa shape index (κ1) is 11.7. The third-order valence-corrected chi connectivity index (χ3v) is 3.91. The topological polar surface area (TPSA) is 26.0 Å². The second-order valence-corrected chi connectivity index (χ2v) is 5.43. The molecule has 0 fully saturated rings. The lowest BCUT2D eigenvalue weighted by Gasteiger charge is -2.29. The maximum Gasteiger partial charge on any atom is 0.00677 e. The molecular weight excluding hydrogens is 194 g/mol. The molecule has 16 heavy (non-hydrogen) atoms. The number of fused-ring (bicyclic) bond motifs is 1. The molecule has 0 amide bonds. The Bertz CT molecular complexity index is 343. The van der Waals surface area contributed by atoms with Crippen LogP contribution in [0.25, 0.3) is 0 Å². The van der Waals surface area contributed by atoms with Gasteiger partial charge in [-0.1, -0.05) is 38.1 Å². The zero-order chi connectivity index (χ0) is 11.5. The fourth-order valence-corrected chi connectivity index (χ4v) is 2.70. The highest BCUT2D eigenvalue weighted by atomic mass is 14.6. The van der Waals surface area contributed by atoms with Crippen molar-refractivity contribution < 1.29 is 0 Å². The van der Waals surface area contributed by atoms with E-state index in [1.54, 1.807) is 11.1 Å². The van der Waals surface area contributed by atoms with Crippen LogP contribution in [0, 0.1) is 5.92 Å². The van der Waals surface area contributed by atoms with Crippen molar-refractivity contribution in [2.45, 2.75) is 51.5 Å². The molecule has 0 aromatic heterocycles. The number of aryl methyl sites for hydroxylation is 1. The molecule has 2 unspecified atom stereocenters. The van der Waals surface area contributed by atoms with Gasteiger partial charge in [-0.2, -0.15) is 0 Å². The van der Waals surface area contributed by atoms with E-state index in [1.807, 2.05) is 0 Å². The van der Waals surface area contributed by atoms with Crippen molar-refractivity contribution in [1.82, 2.24) is 0 Å². The van der Waals surface area contributed by atoms with Gasteiger partial charge in [0.2, 0.25) is 0 Å². The van der Waals surface area contributed by atoms with E-state index in [4.69, 9.17) is 5.73 Å². The van der Waals surface area contributed by atoms with Gasteiger partial charge in [0.15, 0.2) is 0 Å². The maximum absolute atomic E-state index is 6.20. The van der Waals surface area contributed by atoms with Gasteiger partial charge in [0.05, 0.1) is 0 Å². The molecule has 1 heteroatoms. The molecule has 1 aromatic carbocycles. The van der Waals surface area contributed by atoms with Gasteiger partial charge in [0.1, 0.15) is 0 Å². The molecule has 88 valence electrons. The summed E-state index contributed by atoms with van der Waals surface area (Å²) >= 11 is 0. The van der Waals surface area contributed by atoms with Gasteiger partial charge in [-0.15, -0.1) is 0 Å². The highest BCUT2D eigenvalue weighted by molar-refractivity contribution is 5.32. The van der Waals surface area contributed by atoms with Crippen LogP contribution in [0.2, 0.25) is 0 Å². The zero-order valence-electron chi connectivity index (χ0n) is 10.4. The minimum absolute atomic E-state index is 0.344. The summed E-state index contributed by atoms with van der Waals surface area (Å²) < 4.78 is 0. The third kappa shape index (κ3) is 2.46. The van der Waals surface area contributed by atoms with Crippen LogP contribution in [0.15, 0.2) is 24.3 Å². The van der Waals surface area contributed by atoms with E-state index in [0.717, 1.165) is 6.42 Å². The van der Waals surface area contributed by atoms with E-state index >= 15 is 0 Å². The van der Waals surface area contributed by atoms with Crippen LogP contribution in [-0.4, -0.2) is 6.04 Å². The largest absolute Gasteiger partial charge is 0.327 e. The first-order chi connectivity index (χ1) is 7.68. The molecule has 0 saturated carbocycles. The number of rotatable bonds is 3. The van der Waals surface area contributed by atoms with Crippen LogP contribution in [0.1, 0.15) is 50.2 Å². The quantitative estimate of drug-likeness (QED) is 0.824. The standard InChI is InChI=1S/C15H23N/c1-11(2)15(16)10-13-8-5-7-12-6-3-4-9-14(12)13/h3-4,6,9,11,13,15H,5,7-8,10,16H2,1-2H3. The number of nitrogens with two attached hydrogens (primary N) is 1. The number of hydrogen-bond donors (Lipinski definition) is 1. The van der Waals surface area contributed by atoms with E-state index in [0.29, 0.717) is 17.9 Å². The van der Waals surface area contributed by atoms with Gasteiger partial charge in [0.25, 0.3) is 0 Å². The van der Waals surface area contributed by atoms with E-state index in [9.17, 15) is 0 Å². The van der Waals surface area contributed by atoms with Crippen LogP contribution in [0.4, 0.5) is 0 Å². The lowest BCUT2D eigenvalue weighted by molar-refractivity contribution is 0.400. The fraction of sp³-hybridized carbons (Fsp3) is 0.600. The van der Waals surface area contributed by atoms with E-state index in [1.165, 1.54) is 19.3 Å². The average Bonchev–Trinajstić information content (AvgIpc) is 2.29. The van der Waals surface area contributed by atoms with E-state index in [2.05, 4.69) is 38.1 Å². The SMILES string of the molecule is CC(C)C(N)CC1CCCc2ccccc21. The molecule has 0 spiro atoms. The summed E-state index contributed by atoms with van der Waals surface area (Å²) in [4.78, 5) is 0. The molecule has 2 atom stereocenters. The molecule has 1 nitrogen and oxygen atoms in total. The number of benzene rings is 1. The Hall–Kier alpha value is -0.820. The predicted octanol–water partition coefficient (Wildman–Crippen LogP) is 3.48. The van der Waals surface area contributed by atoms with Gasteiger partial charge < -0.3 is 5.73 Å². The second kappa shape index (κ2) is 5.01. The van der Waals surface area contributed by atoms with Gasteiger partial charge in [-0.3, -0.25) is 0 Å². The summed E-state index contributed by atoms with van der Waals surface area (Å²) in [6.45, 7) is 4.44. The van der Waals surface area contributed by atoms with E-state index in [-0.39, 0.29) is 0 Å². The Balaban J connectivity index is 2.13. The number of hydrogen-bond acceptors (Lipinski definition) is 1. The maximum atomic E-state index is 6.20. The van der Waals surface area contributed by atoms with Gasteiger partial charge in [-0.05, 0) is 48.6 Å². The van der Waals surface area contributed by atoms with Crippen LogP contribution in [-0.2, 0) is 6.42 Å². The Kier molecular flexibility index (Phi) is 3.65. The molecule has 0 aliphatic heterocycles. The molecule has 0 saturated heterocycles. The summed E-state index contributed by atoms with van der Waals surface area (Å²) in [5.41, 5.74) is 9.32. The van der Waals surface area contributed by atoms with Crippen molar-refractivity contribution in [2.24, 2.45) is 11.7 Å². The van der Waals surface area contributed by atoms with E-state index < -0.39 is 0 Å². The lowest BCUT2D eigenvalue weighted by Crippen LogP contribution is -2.29. The summed E-state index contributed by atoms with van der Waals surface area (Å²) in [5.74, 6) is 1.29. The Morgan fingerprint density at radius 1 is 1.31 bits per heavy atom. The highest BCUT2D eigenvalue weighted by Crippen LogP contribution is 2.35. The van der Waals surface area contributed by atoms with Crippen LogP contribution in [0.5, 0.6) is 0 Å². The fourth-order valence-electron chi connectivity index (χ4n) is 2.70. The second-order valence-electron chi connectivity index (χ2n) is 5.43. The Labute approximate surface area is 99.0 Å². The molecular formula is C15H23N. The lowest BCUT2D eigenvalue weighted by atomic mass is 9.78. The zero-order valence-corrected chi connectivity index (χ0v) is 10.4. The van der Waals surface area contributed by atoms with Gasteiger partial charge in [0, 0.05) is 6.04 Å². The predicted molar refractivity (Wildman–Crippen MR) is 69.6 cm³/mol. The minimum Gasteiger partial charge on any atom is -0.327 e. The summed E-state index contributed by atoms with van der Waals surface area (Å²) in [5, 5.41) is 0. The molecule has 0 radical (unpaired) electrons. The smallest absolute Gasteiger partial charge is 0.00677 e. The monoisotopic (exact) mass is 217 g/mol. The molecule has 0 bridgehead atoms. The minimum atomic E-state index is 0.344. The van der Waals surface area contributed by atoms with Crippen molar-refractivity contribution in [1.29, 1.82) is 0 Å². The summed E-state index contributed by atoms with van der Waals surface area (Å²) in [6.07, 6.45) is 5.04. The van der Waals surface area contributed by atoms with Gasteiger partial charge in [-0.25, -0.2) is 0 Å². The van der Waals surface area contributed by atoms with Gasteiger partial charge >= 0.3 is 0 Å². The Morgan fingerprint density at radius 2 is 2.06 bits per heavy atom. The molecule has 1 aliphatic rings. The van der Waals surface area contributed by atoms with Crippen LogP contribution in [0.3, 0.4) is 0 Å². The first-order valence-corrected chi connectivity index (χ1v) is 6.52. The van der Waals surface area contributed by atoms with Crippen LogP contribution < -0.4 is 5.73 Å². The average molecular weight is 217 g/mol. The molecule has 0 heterocycles. The first-order valence-electron chi connectivity index (χ1n) is 6.52. The van der Waals surface area contributed by atoms with Crippen molar-refractivity contribution >= 4 is 0 Å². The summed E-state index contributed by atoms with van der Waals surface area (Å²) in [7, 11) is 0. The molecule has 1 aromatic rings. The normalized spacial score (nSPS) is 21.9. The van der Waals surface area contributed by atoms with Crippen molar-refractivity contribution in [3.05, 3.63) is 35.4 Å². The van der Waals surface area contributed by atoms with Crippen molar-refractivity contribution in [3.8, 4) is 0 Å². The third-order valence-electron chi connectivity index (χ3n) is 3.91. The summed E-state index contributed by atoms with van der Waals surface area (Å²) in [6, 6.07) is 9.24. The van der Waals surface area contributed by atoms with Crippen molar-refractivity contribution in [2.75, 3.05) is 0 Å². The molecule has 2 rings (SSSR count).